The summed E-state index contributed by atoms with van der Waals surface area (Å²) in [6.07, 6.45) is 0. The number of hydrogen-bond donors (Lipinski definition) is 2. The summed E-state index contributed by atoms with van der Waals surface area (Å²) in [7, 11) is 3.17. The van der Waals surface area contributed by atoms with Crippen LogP contribution in [-0.4, -0.2) is 48.8 Å². The number of carbonyl (C=O) groups is 2. The summed E-state index contributed by atoms with van der Waals surface area (Å²) >= 11 is 0. The van der Waals surface area contributed by atoms with Crippen molar-refractivity contribution in [1.82, 2.24) is 10.2 Å². The van der Waals surface area contributed by atoms with Gasteiger partial charge in [-0.1, -0.05) is 0 Å². The number of rotatable bonds is 6. The highest BCUT2D eigenvalue weighted by molar-refractivity contribution is 5.96. The van der Waals surface area contributed by atoms with Crippen molar-refractivity contribution in [2.45, 2.75) is 6.92 Å². The van der Waals surface area contributed by atoms with Gasteiger partial charge >= 0.3 is 0 Å². The lowest BCUT2D eigenvalue weighted by atomic mass is 10.1. The van der Waals surface area contributed by atoms with Crippen molar-refractivity contribution in [2.75, 3.05) is 32.5 Å². The molecular weight excluding hydrogens is 276 g/mol. The lowest BCUT2D eigenvalue weighted by molar-refractivity contribution is -0.383. The monoisotopic (exact) mass is 294 g/mol. The highest BCUT2D eigenvalue weighted by Crippen LogP contribution is 2.25. The van der Waals surface area contributed by atoms with Crippen molar-refractivity contribution >= 4 is 23.2 Å². The van der Waals surface area contributed by atoms with Gasteiger partial charge in [-0.2, -0.15) is 0 Å². The van der Waals surface area contributed by atoms with Crippen molar-refractivity contribution < 1.29 is 14.5 Å². The van der Waals surface area contributed by atoms with Gasteiger partial charge in [0.15, 0.2) is 0 Å². The molecule has 8 heteroatoms. The third kappa shape index (κ3) is 4.44. The SMILES string of the molecule is CCNC(=O)c1ccc([N+](=O)[O-])c(NCC(=O)N(C)C)c1. The molecule has 1 aromatic rings. The van der Waals surface area contributed by atoms with Crippen LogP contribution in [-0.2, 0) is 4.79 Å². The largest absolute Gasteiger partial charge is 0.371 e. The zero-order valence-corrected chi connectivity index (χ0v) is 12.2. The van der Waals surface area contributed by atoms with Crippen molar-refractivity contribution in [3.05, 3.63) is 33.9 Å². The number of carbonyl (C=O) groups excluding carboxylic acids is 2. The maximum atomic E-state index is 11.7. The Morgan fingerprint density at radius 2 is 2.00 bits per heavy atom. The Balaban J connectivity index is 3.01. The molecule has 2 amide bonds. The number of nitrogens with one attached hydrogen (secondary N) is 2. The average molecular weight is 294 g/mol. The highest BCUT2D eigenvalue weighted by atomic mass is 16.6. The average Bonchev–Trinajstić information content (AvgIpc) is 2.44. The van der Waals surface area contributed by atoms with Crippen molar-refractivity contribution in [2.24, 2.45) is 0 Å². The topological polar surface area (TPSA) is 105 Å². The summed E-state index contributed by atoms with van der Waals surface area (Å²) in [4.78, 5) is 35.1. The molecule has 1 rings (SSSR count). The molecule has 0 aliphatic heterocycles. The summed E-state index contributed by atoms with van der Waals surface area (Å²) in [5, 5.41) is 16.3. The number of anilines is 1. The predicted octanol–water partition coefficient (Wildman–Crippen LogP) is 0.845. The number of benzene rings is 1. The van der Waals surface area contributed by atoms with Crippen LogP contribution >= 0.6 is 0 Å². The first-order chi connectivity index (χ1) is 9.86. The second kappa shape index (κ2) is 7.22. The van der Waals surface area contributed by atoms with Crippen molar-refractivity contribution in [1.29, 1.82) is 0 Å². The van der Waals surface area contributed by atoms with E-state index in [0.29, 0.717) is 12.1 Å². The normalized spacial score (nSPS) is 9.86. The summed E-state index contributed by atoms with van der Waals surface area (Å²) in [6, 6.07) is 3.99. The van der Waals surface area contributed by atoms with E-state index in [-0.39, 0.29) is 29.7 Å². The third-order valence-corrected chi connectivity index (χ3v) is 2.72. The maximum Gasteiger partial charge on any atom is 0.292 e. The molecule has 0 heterocycles. The summed E-state index contributed by atoms with van der Waals surface area (Å²) in [5.41, 5.74) is 0.246. The number of likely N-dealkylation sites (N-methyl/N-ethyl adjacent to an activating group) is 1. The molecule has 1 aromatic carbocycles. The number of nitrogens with zero attached hydrogens (tertiary/aromatic N) is 2. The minimum Gasteiger partial charge on any atom is -0.371 e. The number of amides is 2. The van der Waals surface area contributed by atoms with E-state index >= 15 is 0 Å². The molecule has 0 atom stereocenters. The molecule has 0 spiro atoms. The summed E-state index contributed by atoms with van der Waals surface area (Å²) < 4.78 is 0. The Hall–Kier alpha value is -2.64. The Morgan fingerprint density at radius 3 is 2.52 bits per heavy atom. The minimum atomic E-state index is -0.566. The van der Waals surface area contributed by atoms with Gasteiger partial charge in [-0.15, -0.1) is 0 Å². The molecule has 0 fully saturated rings. The zero-order chi connectivity index (χ0) is 16.0. The molecule has 0 aliphatic rings. The fourth-order valence-corrected chi connectivity index (χ4v) is 1.57. The lowest BCUT2D eigenvalue weighted by Crippen LogP contribution is -2.29. The van der Waals surface area contributed by atoms with Gasteiger partial charge in [0.2, 0.25) is 5.91 Å². The number of hydrogen-bond acceptors (Lipinski definition) is 5. The van der Waals surface area contributed by atoms with Crippen molar-refractivity contribution in [3.63, 3.8) is 0 Å². The molecule has 0 aliphatic carbocycles. The predicted molar refractivity (Wildman–Crippen MR) is 78.3 cm³/mol. The Kier molecular flexibility index (Phi) is 5.65. The van der Waals surface area contributed by atoms with Crippen LogP contribution in [0.1, 0.15) is 17.3 Å². The van der Waals surface area contributed by atoms with Crippen LogP contribution in [0.25, 0.3) is 0 Å². The van der Waals surface area contributed by atoms with E-state index in [1.54, 1.807) is 21.0 Å². The maximum absolute atomic E-state index is 11.7. The third-order valence-electron chi connectivity index (χ3n) is 2.72. The van der Waals surface area contributed by atoms with Crippen LogP contribution in [0, 0.1) is 10.1 Å². The smallest absolute Gasteiger partial charge is 0.292 e. The van der Waals surface area contributed by atoms with E-state index in [1.807, 2.05) is 0 Å². The fourth-order valence-electron chi connectivity index (χ4n) is 1.57. The van der Waals surface area contributed by atoms with Crippen LogP contribution in [0.15, 0.2) is 18.2 Å². The van der Waals surface area contributed by atoms with Crippen LogP contribution < -0.4 is 10.6 Å². The summed E-state index contributed by atoms with van der Waals surface area (Å²) in [6.45, 7) is 2.14. The quantitative estimate of drug-likeness (QED) is 0.597. The van der Waals surface area contributed by atoms with Gasteiger partial charge < -0.3 is 15.5 Å². The van der Waals surface area contributed by atoms with Gasteiger partial charge in [0.05, 0.1) is 11.5 Å². The Bertz CT molecular complexity index is 557. The van der Waals surface area contributed by atoms with Crippen LogP contribution in [0.2, 0.25) is 0 Å². The Labute approximate surface area is 122 Å². The first-order valence-corrected chi connectivity index (χ1v) is 6.37. The summed E-state index contributed by atoms with van der Waals surface area (Å²) in [5.74, 6) is -0.554. The van der Waals surface area contributed by atoms with E-state index in [4.69, 9.17) is 0 Å². The van der Waals surface area contributed by atoms with E-state index < -0.39 is 4.92 Å². The molecule has 2 N–H and O–H groups in total. The van der Waals surface area contributed by atoms with E-state index in [1.165, 1.54) is 23.1 Å². The molecule has 0 unspecified atom stereocenters. The van der Waals surface area contributed by atoms with Crippen molar-refractivity contribution in [3.8, 4) is 0 Å². The molecule has 0 bridgehead atoms. The highest BCUT2D eigenvalue weighted by Gasteiger charge is 2.17. The Morgan fingerprint density at radius 1 is 1.33 bits per heavy atom. The van der Waals surface area contributed by atoms with Gasteiger partial charge in [-0.05, 0) is 19.1 Å². The van der Waals surface area contributed by atoms with Crippen LogP contribution in [0.5, 0.6) is 0 Å². The van der Waals surface area contributed by atoms with Crippen LogP contribution in [0.4, 0.5) is 11.4 Å². The van der Waals surface area contributed by atoms with E-state index in [0.717, 1.165) is 0 Å². The molecule has 0 saturated heterocycles. The molecular formula is C13H18N4O4. The molecule has 21 heavy (non-hydrogen) atoms. The molecule has 0 aromatic heterocycles. The molecule has 0 radical (unpaired) electrons. The van der Waals surface area contributed by atoms with Gasteiger partial charge in [0, 0.05) is 32.3 Å². The van der Waals surface area contributed by atoms with E-state index in [2.05, 4.69) is 10.6 Å². The first-order valence-electron chi connectivity index (χ1n) is 6.37. The van der Waals surface area contributed by atoms with Gasteiger partial charge in [-0.25, -0.2) is 0 Å². The van der Waals surface area contributed by atoms with Gasteiger partial charge in [0.1, 0.15) is 5.69 Å². The molecule has 0 saturated carbocycles. The standard InChI is InChI=1S/C13H18N4O4/c1-4-14-13(19)9-5-6-11(17(20)21)10(7-9)15-8-12(18)16(2)3/h5-7,15H,4,8H2,1-3H3,(H,14,19). The molecule has 114 valence electrons. The number of nitro groups is 1. The van der Waals surface area contributed by atoms with Gasteiger partial charge in [-0.3, -0.25) is 19.7 Å². The zero-order valence-electron chi connectivity index (χ0n) is 12.2. The fraction of sp³-hybridized carbons (Fsp3) is 0.385. The van der Waals surface area contributed by atoms with E-state index in [9.17, 15) is 19.7 Å². The second-order valence-electron chi connectivity index (χ2n) is 4.49. The minimum absolute atomic E-state index is 0.0906. The molecule has 8 nitrogen and oxygen atoms in total. The van der Waals surface area contributed by atoms with Gasteiger partial charge in [0.25, 0.3) is 11.6 Å². The second-order valence-corrected chi connectivity index (χ2v) is 4.49. The van der Waals surface area contributed by atoms with Crippen LogP contribution in [0.3, 0.4) is 0 Å². The lowest BCUT2D eigenvalue weighted by Gasteiger charge is -2.12. The first kappa shape index (κ1) is 16.4. The number of nitro benzene ring substituents is 1.